The zero-order chi connectivity index (χ0) is 15.2. The number of carbonyl (C=O) groups is 1. The van der Waals surface area contributed by atoms with Crippen molar-refractivity contribution in [1.29, 1.82) is 0 Å². The second-order valence-electron chi connectivity index (χ2n) is 4.73. The predicted octanol–water partition coefficient (Wildman–Crippen LogP) is 3.67. The molecule has 1 atom stereocenters. The second-order valence-corrected chi connectivity index (χ2v) is 6.15. The first-order valence-electron chi connectivity index (χ1n) is 6.45. The van der Waals surface area contributed by atoms with Crippen molar-refractivity contribution in [2.75, 3.05) is 0 Å². The third-order valence-electron chi connectivity index (χ3n) is 2.75. The van der Waals surface area contributed by atoms with E-state index in [1.165, 1.54) is 11.8 Å². The standard InChI is InChI=1S/C14H15ClN2O3S/c1-9(7-14(18)19)6-13-16-12(17-20-13)8-21-11-5-3-2-4-10(11)15/h2-5,9H,6-8H2,1H3,(H,18,19). The lowest BCUT2D eigenvalue weighted by atomic mass is 10.0. The molecule has 21 heavy (non-hydrogen) atoms. The lowest BCUT2D eigenvalue weighted by Gasteiger charge is -2.03. The maximum atomic E-state index is 10.6. The quantitative estimate of drug-likeness (QED) is 0.782. The van der Waals surface area contributed by atoms with Gasteiger partial charge >= 0.3 is 5.97 Å². The van der Waals surface area contributed by atoms with Crippen molar-refractivity contribution in [3.05, 3.63) is 41.0 Å². The fourth-order valence-electron chi connectivity index (χ4n) is 1.80. The summed E-state index contributed by atoms with van der Waals surface area (Å²) in [5.41, 5.74) is 0. The van der Waals surface area contributed by atoms with Crippen molar-refractivity contribution in [3.8, 4) is 0 Å². The Morgan fingerprint density at radius 3 is 2.95 bits per heavy atom. The molecule has 0 fully saturated rings. The molecule has 1 aromatic carbocycles. The minimum atomic E-state index is -0.823. The van der Waals surface area contributed by atoms with Crippen LogP contribution in [0.25, 0.3) is 0 Å². The van der Waals surface area contributed by atoms with Crippen LogP contribution in [0.2, 0.25) is 5.02 Å². The molecule has 0 saturated heterocycles. The topological polar surface area (TPSA) is 76.2 Å². The number of rotatable bonds is 7. The fourth-order valence-corrected chi connectivity index (χ4v) is 2.89. The lowest BCUT2D eigenvalue weighted by Crippen LogP contribution is -2.07. The van der Waals surface area contributed by atoms with Crippen LogP contribution in [0.4, 0.5) is 0 Å². The van der Waals surface area contributed by atoms with E-state index in [1.807, 2.05) is 31.2 Å². The van der Waals surface area contributed by atoms with Gasteiger partial charge < -0.3 is 9.63 Å². The molecule has 5 nitrogen and oxygen atoms in total. The normalized spacial score (nSPS) is 12.3. The van der Waals surface area contributed by atoms with Gasteiger partial charge in [-0.15, -0.1) is 11.8 Å². The van der Waals surface area contributed by atoms with Gasteiger partial charge in [0.15, 0.2) is 5.82 Å². The number of hydrogen-bond donors (Lipinski definition) is 1. The highest BCUT2D eigenvalue weighted by molar-refractivity contribution is 7.98. The summed E-state index contributed by atoms with van der Waals surface area (Å²) in [5.74, 6) is 0.750. The number of aliphatic carboxylic acids is 1. The average Bonchev–Trinajstić information content (AvgIpc) is 2.84. The third-order valence-corrected chi connectivity index (χ3v) is 4.26. The van der Waals surface area contributed by atoms with E-state index < -0.39 is 5.97 Å². The van der Waals surface area contributed by atoms with Crippen LogP contribution in [-0.4, -0.2) is 21.2 Å². The van der Waals surface area contributed by atoms with Crippen molar-refractivity contribution in [2.45, 2.75) is 30.4 Å². The molecule has 0 aliphatic heterocycles. The van der Waals surface area contributed by atoms with Crippen molar-refractivity contribution in [2.24, 2.45) is 5.92 Å². The van der Waals surface area contributed by atoms with E-state index in [2.05, 4.69) is 10.1 Å². The van der Waals surface area contributed by atoms with E-state index in [0.29, 0.717) is 28.9 Å². The van der Waals surface area contributed by atoms with Crippen LogP contribution in [-0.2, 0) is 17.0 Å². The summed E-state index contributed by atoms with van der Waals surface area (Å²) < 4.78 is 5.14. The molecule has 7 heteroatoms. The first-order valence-corrected chi connectivity index (χ1v) is 7.81. The number of carboxylic acid groups (broad SMARTS) is 1. The zero-order valence-corrected chi connectivity index (χ0v) is 13.0. The molecule has 0 aliphatic carbocycles. The van der Waals surface area contributed by atoms with Crippen LogP contribution in [0.5, 0.6) is 0 Å². The molecule has 2 rings (SSSR count). The van der Waals surface area contributed by atoms with Crippen molar-refractivity contribution < 1.29 is 14.4 Å². The van der Waals surface area contributed by atoms with Gasteiger partial charge in [-0.1, -0.05) is 35.8 Å². The Labute approximate surface area is 131 Å². The predicted molar refractivity (Wildman–Crippen MR) is 80.4 cm³/mol. The van der Waals surface area contributed by atoms with Gasteiger partial charge in [0.2, 0.25) is 5.89 Å². The number of carboxylic acids is 1. The second kappa shape index (κ2) is 7.47. The molecule has 0 saturated carbocycles. The first-order chi connectivity index (χ1) is 10.0. The van der Waals surface area contributed by atoms with Crippen molar-refractivity contribution in [1.82, 2.24) is 10.1 Å². The number of aromatic nitrogens is 2. The Bertz CT molecular complexity index is 618. The molecule has 112 valence electrons. The maximum Gasteiger partial charge on any atom is 0.303 e. The average molecular weight is 327 g/mol. The summed E-state index contributed by atoms with van der Waals surface area (Å²) in [6.45, 7) is 1.84. The summed E-state index contributed by atoms with van der Waals surface area (Å²) in [5, 5.41) is 13.3. The van der Waals surface area contributed by atoms with Gasteiger partial charge in [0.1, 0.15) is 0 Å². The van der Waals surface area contributed by atoms with Gasteiger partial charge in [-0.3, -0.25) is 4.79 Å². The highest BCUT2D eigenvalue weighted by Crippen LogP contribution is 2.28. The molecular formula is C14H15ClN2O3S. The van der Waals surface area contributed by atoms with Gasteiger partial charge in [-0.05, 0) is 18.1 Å². The molecule has 1 heterocycles. The third kappa shape index (κ3) is 5.06. The zero-order valence-electron chi connectivity index (χ0n) is 11.5. The van der Waals surface area contributed by atoms with Crippen LogP contribution >= 0.6 is 23.4 Å². The Hall–Kier alpha value is -1.53. The molecule has 1 aromatic heterocycles. The van der Waals surface area contributed by atoms with E-state index in [9.17, 15) is 4.79 Å². The number of benzene rings is 1. The summed E-state index contributed by atoms with van der Waals surface area (Å²) in [4.78, 5) is 15.8. The summed E-state index contributed by atoms with van der Waals surface area (Å²) in [6.07, 6.45) is 0.558. The lowest BCUT2D eigenvalue weighted by molar-refractivity contribution is -0.137. The van der Waals surface area contributed by atoms with E-state index in [1.54, 1.807) is 0 Å². The summed E-state index contributed by atoms with van der Waals surface area (Å²) in [7, 11) is 0. The van der Waals surface area contributed by atoms with E-state index in [4.69, 9.17) is 21.2 Å². The van der Waals surface area contributed by atoms with Crippen molar-refractivity contribution in [3.63, 3.8) is 0 Å². The molecule has 1 N–H and O–H groups in total. The molecule has 2 aromatic rings. The Morgan fingerprint density at radius 1 is 1.48 bits per heavy atom. The van der Waals surface area contributed by atoms with E-state index >= 15 is 0 Å². The maximum absolute atomic E-state index is 10.6. The highest BCUT2D eigenvalue weighted by atomic mass is 35.5. The minimum Gasteiger partial charge on any atom is -0.481 e. The Kier molecular flexibility index (Phi) is 5.64. The number of hydrogen-bond acceptors (Lipinski definition) is 5. The van der Waals surface area contributed by atoms with Crippen LogP contribution in [0, 0.1) is 5.92 Å². The highest BCUT2D eigenvalue weighted by Gasteiger charge is 2.14. The molecule has 1 unspecified atom stereocenters. The largest absolute Gasteiger partial charge is 0.481 e. The van der Waals surface area contributed by atoms with Gasteiger partial charge in [0, 0.05) is 17.7 Å². The van der Waals surface area contributed by atoms with Crippen molar-refractivity contribution >= 4 is 29.3 Å². The molecule has 0 radical (unpaired) electrons. The SMILES string of the molecule is CC(CC(=O)O)Cc1nc(CSc2ccccc2Cl)no1. The van der Waals surface area contributed by atoms with Gasteiger partial charge in [0.05, 0.1) is 10.8 Å². The van der Waals surface area contributed by atoms with Gasteiger partial charge in [-0.25, -0.2) is 0 Å². The molecule has 0 bridgehead atoms. The van der Waals surface area contributed by atoms with Gasteiger partial charge in [0.25, 0.3) is 0 Å². The van der Waals surface area contributed by atoms with Crippen LogP contribution in [0.1, 0.15) is 25.1 Å². The molecular weight excluding hydrogens is 312 g/mol. The monoisotopic (exact) mass is 326 g/mol. The van der Waals surface area contributed by atoms with Crippen LogP contribution in [0.3, 0.4) is 0 Å². The molecule has 0 aliphatic rings. The minimum absolute atomic E-state index is 0.0352. The first kappa shape index (κ1) is 15.9. The Morgan fingerprint density at radius 2 is 2.24 bits per heavy atom. The van der Waals surface area contributed by atoms with E-state index in [0.717, 1.165) is 4.90 Å². The van der Waals surface area contributed by atoms with Crippen LogP contribution in [0.15, 0.2) is 33.7 Å². The number of halogens is 1. The van der Waals surface area contributed by atoms with E-state index in [-0.39, 0.29) is 12.3 Å². The molecule has 0 amide bonds. The molecule has 0 spiro atoms. The summed E-state index contributed by atoms with van der Waals surface area (Å²) >= 11 is 7.60. The number of nitrogens with zero attached hydrogens (tertiary/aromatic N) is 2. The van der Waals surface area contributed by atoms with Gasteiger partial charge in [-0.2, -0.15) is 4.98 Å². The number of thioether (sulfide) groups is 1. The smallest absolute Gasteiger partial charge is 0.303 e. The Balaban J connectivity index is 1.88. The summed E-state index contributed by atoms with van der Waals surface area (Å²) in [6, 6.07) is 7.56. The van der Waals surface area contributed by atoms with Crippen LogP contribution < -0.4 is 0 Å². The fraction of sp³-hybridized carbons (Fsp3) is 0.357.